The van der Waals surface area contributed by atoms with Crippen molar-refractivity contribution < 1.29 is 9.53 Å². The molecule has 7 heteroatoms. The molecule has 26 heavy (non-hydrogen) atoms. The number of aromatic nitrogens is 1. The third-order valence-corrected chi connectivity index (χ3v) is 5.78. The van der Waals surface area contributed by atoms with Gasteiger partial charge in [-0.25, -0.2) is 4.79 Å². The van der Waals surface area contributed by atoms with E-state index in [9.17, 15) is 4.79 Å². The number of H-pyrrole nitrogens is 1. The van der Waals surface area contributed by atoms with E-state index in [2.05, 4.69) is 9.88 Å². The van der Waals surface area contributed by atoms with Crippen LogP contribution in [0.25, 0.3) is 10.9 Å². The van der Waals surface area contributed by atoms with Gasteiger partial charge in [0, 0.05) is 16.7 Å². The molecule has 0 bridgehead atoms. The highest BCUT2D eigenvalue weighted by molar-refractivity contribution is 8.14. The monoisotopic (exact) mass is 374 g/mol. The Hall–Kier alpha value is -1.99. The summed E-state index contributed by atoms with van der Waals surface area (Å²) in [4.78, 5) is 17.3. The molecule has 0 spiro atoms. The third-order valence-electron chi connectivity index (χ3n) is 4.79. The molecule has 0 aliphatic carbocycles. The lowest BCUT2D eigenvalue weighted by atomic mass is 10.1. The number of nitrogen functional groups attached to an aromatic ring is 1. The number of piperidine rings is 1. The molecule has 1 aromatic heterocycles. The number of nitrogens with one attached hydrogen (secondary N) is 2. The van der Waals surface area contributed by atoms with E-state index in [-0.39, 0.29) is 5.97 Å². The minimum atomic E-state index is -0.385. The van der Waals surface area contributed by atoms with Crippen LogP contribution in [-0.4, -0.2) is 53.4 Å². The zero-order valence-corrected chi connectivity index (χ0v) is 16.0. The number of thioether (sulfide) groups is 1. The fourth-order valence-corrected chi connectivity index (χ4v) is 4.27. The van der Waals surface area contributed by atoms with Gasteiger partial charge in [-0.2, -0.15) is 0 Å². The quantitative estimate of drug-likeness (QED) is 0.311. The highest BCUT2D eigenvalue weighted by atomic mass is 32.2. The largest absolute Gasteiger partial charge is 0.465 e. The first-order chi connectivity index (χ1) is 12.6. The van der Waals surface area contributed by atoms with Crippen molar-refractivity contribution in [3.05, 3.63) is 29.3 Å². The predicted octanol–water partition coefficient (Wildman–Crippen LogP) is 3.47. The van der Waals surface area contributed by atoms with Crippen molar-refractivity contribution in [1.29, 1.82) is 5.41 Å². The number of rotatable bonds is 6. The molecule has 0 atom stereocenters. The zero-order valence-electron chi connectivity index (χ0n) is 15.1. The average molecular weight is 375 g/mol. The van der Waals surface area contributed by atoms with Crippen molar-refractivity contribution in [3.63, 3.8) is 0 Å². The average Bonchev–Trinajstić information content (AvgIpc) is 3.00. The van der Waals surface area contributed by atoms with Gasteiger partial charge in [-0.15, -0.1) is 11.8 Å². The lowest BCUT2D eigenvalue weighted by molar-refractivity contribution is 0.0601. The van der Waals surface area contributed by atoms with Gasteiger partial charge in [-0.3, -0.25) is 5.41 Å². The Balaban J connectivity index is 1.62. The molecule has 1 fully saturated rings. The number of anilines is 1. The first kappa shape index (κ1) is 18.8. The highest BCUT2D eigenvalue weighted by Gasteiger charge is 2.16. The van der Waals surface area contributed by atoms with Crippen molar-refractivity contribution in [2.75, 3.05) is 38.2 Å². The van der Waals surface area contributed by atoms with E-state index < -0.39 is 0 Å². The van der Waals surface area contributed by atoms with E-state index in [4.69, 9.17) is 15.9 Å². The Bertz CT molecular complexity index is 796. The van der Waals surface area contributed by atoms with Crippen LogP contribution >= 0.6 is 11.8 Å². The lowest BCUT2D eigenvalue weighted by Crippen LogP contribution is -2.30. The minimum absolute atomic E-state index is 0.385. The molecular formula is C19H26N4O2S. The minimum Gasteiger partial charge on any atom is -0.465 e. The first-order valence-corrected chi connectivity index (χ1v) is 10.0. The first-order valence-electron chi connectivity index (χ1n) is 9.03. The Morgan fingerprint density at radius 1 is 1.35 bits per heavy atom. The molecule has 2 aromatic rings. The van der Waals surface area contributed by atoms with Crippen molar-refractivity contribution in [2.24, 2.45) is 0 Å². The summed E-state index contributed by atoms with van der Waals surface area (Å²) in [5, 5.41) is 9.76. The summed E-state index contributed by atoms with van der Waals surface area (Å²) in [6.45, 7) is 3.52. The van der Waals surface area contributed by atoms with Crippen LogP contribution in [0.5, 0.6) is 0 Å². The number of fused-ring (bicyclic) bond motifs is 1. The number of benzene rings is 1. The maximum atomic E-state index is 11.7. The van der Waals surface area contributed by atoms with E-state index in [1.54, 1.807) is 12.1 Å². The molecule has 1 aliphatic rings. The predicted molar refractivity (Wildman–Crippen MR) is 108 cm³/mol. The van der Waals surface area contributed by atoms with E-state index in [1.807, 2.05) is 6.07 Å². The van der Waals surface area contributed by atoms with Crippen LogP contribution in [0.4, 0.5) is 5.82 Å². The number of methoxy groups -OCH3 is 1. The summed E-state index contributed by atoms with van der Waals surface area (Å²) >= 11 is 1.53. The smallest absolute Gasteiger partial charge is 0.337 e. The highest BCUT2D eigenvalue weighted by Crippen LogP contribution is 2.29. The molecule has 2 heterocycles. The van der Waals surface area contributed by atoms with Gasteiger partial charge in [0.25, 0.3) is 0 Å². The number of nitrogens with zero attached hydrogens (tertiary/aromatic N) is 1. The van der Waals surface area contributed by atoms with E-state index >= 15 is 0 Å². The fraction of sp³-hybridized carbons (Fsp3) is 0.474. The molecule has 3 rings (SSSR count). The molecule has 1 aliphatic heterocycles. The Morgan fingerprint density at radius 2 is 2.12 bits per heavy atom. The van der Waals surface area contributed by atoms with Crippen molar-refractivity contribution >= 4 is 39.5 Å². The van der Waals surface area contributed by atoms with Crippen LogP contribution in [0.3, 0.4) is 0 Å². The second kappa shape index (κ2) is 8.60. The maximum Gasteiger partial charge on any atom is 0.337 e. The molecule has 0 amide bonds. The van der Waals surface area contributed by atoms with E-state index in [0.717, 1.165) is 35.2 Å². The van der Waals surface area contributed by atoms with Crippen LogP contribution in [0.1, 0.15) is 41.6 Å². The molecule has 4 N–H and O–H groups in total. The maximum absolute atomic E-state index is 11.7. The number of carbonyl (C=O) groups excluding carboxylic acids is 1. The number of hydrogen-bond donors (Lipinski definition) is 3. The number of nitrogens with two attached hydrogens (primary N) is 1. The van der Waals surface area contributed by atoms with Crippen molar-refractivity contribution in [1.82, 2.24) is 9.88 Å². The number of esters is 1. The van der Waals surface area contributed by atoms with Crippen LogP contribution in [0.2, 0.25) is 0 Å². The van der Waals surface area contributed by atoms with Gasteiger partial charge in [-0.1, -0.05) is 12.5 Å². The molecule has 140 valence electrons. The zero-order chi connectivity index (χ0) is 18.5. The summed E-state index contributed by atoms with van der Waals surface area (Å²) in [5.41, 5.74) is 8.04. The Kier molecular flexibility index (Phi) is 6.21. The van der Waals surface area contributed by atoms with Crippen LogP contribution in [0, 0.1) is 5.41 Å². The number of hydrogen-bond acceptors (Lipinski definition) is 6. The van der Waals surface area contributed by atoms with E-state index in [1.165, 1.54) is 51.2 Å². The molecule has 0 saturated carbocycles. The van der Waals surface area contributed by atoms with Gasteiger partial charge < -0.3 is 20.4 Å². The second-order valence-corrected chi connectivity index (χ2v) is 7.70. The summed E-state index contributed by atoms with van der Waals surface area (Å²) in [6.07, 6.45) is 5.04. The number of likely N-dealkylation sites (tertiary alicyclic amines) is 1. The molecule has 0 radical (unpaired) electrons. The summed E-state index contributed by atoms with van der Waals surface area (Å²) in [5.74, 6) is 0.987. The van der Waals surface area contributed by atoms with Gasteiger partial charge in [0.05, 0.1) is 23.3 Å². The van der Waals surface area contributed by atoms with Crippen molar-refractivity contribution in [3.8, 4) is 0 Å². The molecule has 1 aromatic carbocycles. The molecular weight excluding hydrogens is 348 g/mol. The summed E-state index contributed by atoms with van der Waals surface area (Å²) in [6, 6.07) is 5.25. The molecule has 0 unspecified atom stereocenters. The van der Waals surface area contributed by atoms with Crippen LogP contribution < -0.4 is 5.73 Å². The normalized spacial score (nSPS) is 15.3. The third kappa shape index (κ3) is 4.22. The number of carbonyl (C=O) groups is 1. The fourth-order valence-electron chi connectivity index (χ4n) is 3.43. The topological polar surface area (TPSA) is 95.2 Å². The Labute approximate surface area is 158 Å². The van der Waals surface area contributed by atoms with Crippen LogP contribution in [0.15, 0.2) is 18.2 Å². The van der Waals surface area contributed by atoms with Gasteiger partial charge >= 0.3 is 5.97 Å². The van der Waals surface area contributed by atoms with Gasteiger partial charge in [0.1, 0.15) is 5.82 Å². The molecule has 6 nitrogen and oxygen atoms in total. The second-order valence-electron chi connectivity index (χ2n) is 6.60. The van der Waals surface area contributed by atoms with Gasteiger partial charge in [0.2, 0.25) is 0 Å². The standard InChI is InChI=1S/C19H26N4O2S/c1-25-19(24)13-6-7-14-15(12-13)22-17(20)16(14)18(21)26-11-5-10-23-8-3-2-4-9-23/h6-7,12,21-22H,2-5,8-11,20H2,1H3. The number of ether oxygens (including phenoxy) is 1. The summed E-state index contributed by atoms with van der Waals surface area (Å²) in [7, 11) is 1.36. The lowest BCUT2D eigenvalue weighted by Gasteiger charge is -2.26. The number of aromatic amines is 1. The van der Waals surface area contributed by atoms with Gasteiger partial charge in [0.15, 0.2) is 0 Å². The Morgan fingerprint density at radius 3 is 2.85 bits per heavy atom. The molecule has 1 saturated heterocycles. The SMILES string of the molecule is COC(=O)c1ccc2c(C(=N)SCCCN3CCCCC3)c(N)[nH]c2c1. The van der Waals surface area contributed by atoms with E-state index in [0.29, 0.717) is 16.4 Å². The van der Waals surface area contributed by atoms with Gasteiger partial charge in [-0.05, 0) is 51.0 Å². The van der Waals surface area contributed by atoms with Crippen molar-refractivity contribution in [2.45, 2.75) is 25.7 Å². The summed E-state index contributed by atoms with van der Waals surface area (Å²) < 4.78 is 4.75. The van der Waals surface area contributed by atoms with Crippen LogP contribution in [-0.2, 0) is 4.74 Å².